The Morgan fingerprint density at radius 3 is 2.50 bits per heavy atom. The molecule has 0 aromatic heterocycles. The number of Topliss-reactive ketones (excluding diaryl/α,β-unsaturated/α-hetero) is 1. The Balaban J connectivity index is 2.03. The third kappa shape index (κ3) is 7.38. The van der Waals surface area contributed by atoms with E-state index in [4.69, 9.17) is 9.47 Å². The first-order valence-electron chi connectivity index (χ1n) is 9.86. The Hall–Kier alpha value is -2.52. The van der Waals surface area contributed by atoms with Crippen LogP contribution in [0.3, 0.4) is 0 Å². The predicted octanol–water partition coefficient (Wildman–Crippen LogP) is 1.85. The molecule has 9 heteroatoms. The lowest BCUT2D eigenvalue weighted by Crippen LogP contribution is -2.49. The molecular formula is C21H29FN2O6. The van der Waals surface area contributed by atoms with Gasteiger partial charge in [-0.3, -0.25) is 10.1 Å². The number of carbonyl (C=O) groups excluding carboxylic acids is 3. The summed E-state index contributed by atoms with van der Waals surface area (Å²) in [7, 11) is 0. The molecule has 0 bridgehead atoms. The fourth-order valence-corrected chi connectivity index (χ4v) is 3.08. The quantitative estimate of drug-likeness (QED) is 0.431. The highest BCUT2D eigenvalue weighted by Crippen LogP contribution is 2.21. The molecule has 4 atom stereocenters. The molecular weight excluding hydrogens is 395 g/mol. The van der Waals surface area contributed by atoms with Gasteiger partial charge in [0.05, 0.1) is 6.04 Å². The number of aliphatic hydroxyl groups excluding tert-OH is 1. The summed E-state index contributed by atoms with van der Waals surface area (Å²) in [6.07, 6.45) is -3.87. The van der Waals surface area contributed by atoms with E-state index >= 15 is 0 Å². The van der Waals surface area contributed by atoms with Crippen LogP contribution < -0.4 is 10.6 Å². The molecule has 0 aliphatic carbocycles. The number of ether oxygens (including phenoxy) is 2. The van der Waals surface area contributed by atoms with Gasteiger partial charge in [-0.1, -0.05) is 30.3 Å². The molecule has 1 aromatic carbocycles. The Morgan fingerprint density at radius 1 is 1.27 bits per heavy atom. The molecule has 1 fully saturated rings. The number of carbonyl (C=O) groups is 3. The number of halogens is 1. The number of ketones is 1. The minimum Gasteiger partial charge on any atom is -0.458 e. The summed E-state index contributed by atoms with van der Waals surface area (Å²) in [6, 6.07) is 7.31. The maximum absolute atomic E-state index is 14.6. The van der Waals surface area contributed by atoms with Crippen molar-refractivity contribution in [3.63, 3.8) is 0 Å². The number of hydrogen-bond donors (Lipinski definition) is 3. The molecule has 3 N–H and O–H groups in total. The Morgan fingerprint density at radius 2 is 1.93 bits per heavy atom. The van der Waals surface area contributed by atoms with Gasteiger partial charge < -0.3 is 19.9 Å². The molecule has 0 radical (unpaired) electrons. The zero-order valence-electron chi connectivity index (χ0n) is 17.4. The summed E-state index contributed by atoms with van der Waals surface area (Å²) in [4.78, 5) is 36.8. The van der Waals surface area contributed by atoms with Crippen molar-refractivity contribution in [2.45, 2.75) is 64.3 Å². The van der Waals surface area contributed by atoms with Crippen molar-refractivity contribution >= 4 is 17.8 Å². The number of esters is 1. The van der Waals surface area contributed by atoms with Gasteiger partial charge in [0.2, 0.25) is 5.78 Å². The number of hydrogen-bond acceptors (Lipinski definition) is 7. The topological polar surface area (TPSA) is 114 Å². The van der Waals surface area contributed by atoms with Crippen LogP contribution in [0.15, 0.2) is 30.3 Å². The van der Waals surface area contributed by atoms with Crippen LogP contribution in [-0.2, 0) is 25.7 Å². The lowest BCUT2D eigenvalue weighted by molar-refractivity contribution is -0.155. The van der Waals surface area contributed by atoms with Crippen molar-refractivity contribution in [2.24, 2.45) is 5.92 Å². The third-order valence-corrected chi connectivity index (χ3v) is 4.57. The molecule has 30 heavy (non-hydrogen) atoms. The van der Waals surface area contributed by atoms with Gasteiger partial charge in [0, 0.05) is 5.92 Å². The van der Waals surface area contributed by atoms with Gasteiger partial charge in [-0.25, -0.2) is 14.0 Å². The predicted molar refractivity (Wildman–Crippen MR) is 106 cm³/mol. The maximum atomic E-state index is 14.6. The van der Waals surface area contributed by atoms with Crippen molar-refractivity contribution in [2.75, 3.05) is 6.54 Å². The van der Waals surface area contributed by atoms with Gasteiger partial charge in [-0.05, 0) is 45.7 Å². The van der Waals surface area contributed by atoms with E-state index in [0.717, 1.165) is 0 Å². The van der Waals surface area contributed by atoms with Crippen molar-refractivity contribution in [3.8, 4) is 0 Å². The SMILES string of the molecule is CC(C)(C)OC(=O)N[C@@H](C[C@@H]1CCN[C@H]1O)C(=O)[C@H](F)C(=O)OCc1ccccc1. The number of aliphatic hydroxyl groups is 1. The monoisotopic (exact) mass is 424 g/mol. The van der Waals surface area contributed by atoms with Crippen LogP contribution in [0, 0.1) is 5.92 Å². The minimum atomic E-state index is -2.57. The molecule has 0 unspecified atom stereocenters. The van der Waals surface area contributed by atoms with Crippen LogP contribution in [0.1, 0.15) is 39.2 Å². The number of benzene rings is 1. The number of rotatable bonds is 8. The van der Waals surface area contributed by atoms with E-state index in [1.54, 1.807) is 51.1 Å². The van der Waals surface area contributed by atoms with Crippen LogP contribution in [0.2, 0.25) is 0 Å². The van der Waals surface area contributed by atoms with E-state index in [1.165, 1.54) is 0 Å². The van der Waals surface area contributed by atoms with Crippen LogP contribution in [0.4, 0.5) is 9.18 Å². The highest BCUT2D eigenvalue weighted by Gasteiger charge is 2.38. The largest absolute Gasteiger partial charge is 0.458 e. The van der Waals surface area contributed by atoms with E-state index < -0.39 is 41.9 Å². The summed E-state index contributed by atoms with van der Waals surface area (Å²) in [5.41, 5.74) is -0.176. The van der Waals surface area contributed by atoms with Gasteiger partial charge in [0.1, 0.15) is 18.4 Å². The van der Waals surface area contributed by atoms with Crippen LogP contribution in [0.25, 0.3) is 0 Å². The van der Waals surface area contributed by atoms with Crippen LogP contribution in [0.5, 0.6) is 0 Å². The normalized spacial score (nSPS) is 20.8. The van der Waals surface area contributed by atoms with Gasteiger partial charge in [0.25, 0.3) is 6.17 Å². The summed E-state index contributed by atoms with van der Waals surface area (Å²) in [5, 5.41) is 15.1. The Kier molecular flexibility index (Phi) is 8.31. The molecule has 1 saturated heterocycles. The van der Waals surface area contributed by atoms with Gasteiger partial charge in [-0.15, -0.1) is 0 Å². The first-order chi connectivity index (χ1) is 14.1. The van der Waals surface area contributed by atoms with Gasteiger partial charge in [0.15, 0.2) is 0 Å². The second kappa shape index (κ2) is 10.5. The fourth-order valence-electron chi connectivity index (χ4n) is 3.08. The third-order valence-electron chi connectivity index (χ3n) is 4.57. The average molecular weight is 424 g/mol. The Bertz CT molecular complexity index is 737. The lowest BCUT2D eigenvalue weighted by Gasteiger charge is -2.25. The van der Waals surface area contributed by atoms with E-state index in [-0.39, 0.29) is 18.9 Å². The summed E-state index contributed by atoms with van der Waals surface area (Å²) < 4.78 is 24.6. The number of alkyl carbamates (subject to hydrolysis) is 1. The zero-order valence-corrected chi connectivity index (χ0v) is 17.4. The first-order valence-corrected chi connectivity index (χ1v) is 9.86. The van der Waals surface area contributed by atoms with Crippen LogP contribution >= 0.6 is 0 Å². The zero-order chi connectivity index (χ0) is 22.3. The standard InChI is InChI=1S/C21H29FN2O6/c1-21(2,3)30-20(28)24-15(11-14-9-10-23-18(14)26)17(25)16(22)19(27)29-12-13-7-5-4-6-8-13/h4-8,14-16,18,23,26H,9-12H2,1-3H3,(H,24,28)/t14-,15-,16-,18-/m0/s1. The molecule has 1 amide bonds. The average Bonchev–Trinajstić information content (AvgIpc) is 3.08. The van der Waals surface area contributed by atoms with E-state index in [2.05, 4.69) is 10.6 Å². The highest BCUT2D eigenvalue weighted by molar-refractivity contribution is 6.05. The van der Waals surface area contributed by atoms with Crippen molar-refractivity contribution in [1.82, 2.24) is 10.6 Å². The molecule has 1 aromatic rings. The minimum absolute atomic E-state index is 0.0430. The molecule has 166 valence electrons. The summed E-state index contributed by atoms with van der Waals surface area (Å²) in [6.45, 7) is 5.28. The molecule has 2 rings (SSSR count). The van der Waals surface area contributed by atoms with Crippen molar-refractivity contribution < 1.29 is 33.4 Å². The molecule has 1 aliphatic heterocycles. The van der Waals surface area contributed by atoms with Crippen LogP contribution in [-0.4, -0.2) is 53.5 Å². The van der Waals surface area contributed by atoms with E-state index in [0.29, 0.717) is 18.5 Å². The maximum Gasteiger partial charge on any atom is 0.408 e. The highest BCUT2D eigenvalue weighted by atomic mass is 19.1. The molecule has 0 saturated carbocycles. The number of alkyl halides is 1. The first kappa shape index (κ1) is 23.8. The summed E-state index contributed by atoms with van der Waals surface area (Å²) in [5.74, 6) is -2.86. The molecule has 8 nitrogen and oxygen atoms in total. The second-order valence-electron chi connectivity index (χ2n) is 8.24. The van der Waals surface area contributed by atoms with E-state index in [1.807, 2.05) is 0 Å². The van der Waals surface area contributed by atoms with Gasteiger partial charge >= 0.3 is 12.1 Å². The van der Waals surface area contributed by atoms with Gasteiger partial charge in [-0.2, -0.15) is 0 Å². The van der Waals surface area contributed by atoms with Crippen molar-refractivity contribution in [3.05, 3.63) is 35.9 Å². The fraction of sp³-hybridized carbons (Fsp3) is 0.571. The lowest BCUT2D eigenvalue weighted by atomic mass is 9.93. The summed E-state index contributed by atoms with van der Waals surface area (Å²) >= 11 is 0. The van der Waals surface area contributed by atoms with E-state index in [9.17, 15) is 23.9 Å². The Labute approximate surface area is 175 Å². The molecule has 0 spiro atoms. The molecule has 1 aliphatic rings. The number of nitrogens with one attached hydrogen (secondary N) is 2. The molecule has 1 heterocycles. The number of amides is 1. The second-order valence-corrected chi connectivity index (χ2v) is 8.24. The smallest absolute Gasteiger partial charge is 0.408 e. The van der Waals surface area contributed by atoms with Crippen molar-refractivity contribution in [1.29, 1.82) is 0 Å².